The number of hydrogen-bond acceptors (Lipinski definition) is 1. The van der Waals surface area contributed by atoms with E-state index >= 15 is 0 Å². The molecular formula is C42H39N3O+2. The first kappa shape index (κ1) is 26.5. The van der Waals surface area contributed by atoms with Gasteiger partial charge in [0.1, 0.15) is 5.69 Å². The summed E-state index contributed by atoms with van der Waals surface area (Å²) in [6.45, 7) is 14.2. The molecule has 1 aliphatic carbocycles. The standard InChI is InChI=1S/C42H39N3O/c1-25(2)26-17-19-27(20-18-26)44-33-15-11-16-34-37(33)45-36-31(24-30-35(38(36)46-34)41(5,6)22-21-40(30,3)4)42(39(44)45)29-13-8-7-12-28(29)32-14-9-10-23-43(32)42/h7-20,23-25H,21-22H2,1-6H3/q+2. The van der Waals surface area contributed by atoms with Crippen LogP contribution in [0.4, 0.5) is 0 Å². The Bertz CT molecular complexity index is 2270. The maximum atomic E-state index is 7.23. The molecule has 1 spiro atoms. The number of imidazole rings is 1. The average molecular weight is 602 g/mol. The number of pyridine rings is 1. The summed E-state index contributed by atoms with van der Waals surface area (Å²) < 4.78 is 14.9. The molecule has 1 atom stereocenters. The van der Waals surface area contributed by atoms with Crippen LogP contribution in [0.3, 0.4) is 0 Å². The molecule has 0 saturated heterocycles. The van der Waals surface area contributed by atoms with Crippen molar-refractivity contribution in [2.24, 2.45) is 0 Å². The van der Waals surface area contributed by atoms with Gasteiger partial charge in [0, 0.05) is 17.7 Å². The average Bonchev–Trinajstić information content (AvgIpc) is 3.66. The summed E-state index contributed by atoms with van der Waals surface area (Å²) >= 11 is 0. The third-order valence-corrected chi connectivity index (χ3v) is 11.7. The van der Waals surface area contributed by atoms with Crippen LogP contribution < -0.4 is 13.9 Å². The zero-order valence-corrected chi connectivity index (χ0v) is 27.5. The Balaban J connectivity index is 1.46. The number of nitrogens with zero attached hydrogens (tertiary/aromatic N) is 3. The van der Waals surface area contributed by atoms with Crippen molar-refractivity contribution in [2.75, 3.05) is 0 Å². The van der Waals surface area contributed by atoms with Crippen LogP contribution in [0, 0.1) is 0 Å². The minimum Gasteiger partial charge on any atom is -0.448 e. The molecule has 226 valence electrons. The fourth-order valence-electron chi connectivity index (χ4n) is 9.30. The Morgan fingerprint density at radius 2 is 1.52 bits per heavy atom. The molecule has 10 rings (SSSR count). The predicted octanol–water partition coefficient (Wildman–Crippen LogP) is 8.91. The van der Waals surface area contributed by atoms with Gasteiger partial charge in [-0.25, -0.2) is 0 Å². The molecule has 0 N–H and O–H groups in total. The minimum atomic E-state index is -0.593. The number of para-hydroxylation sites is 1. The summed E-state index contributed by atoms with van der Waals surface area (Å²) in [5.41, 5.74) is 13.4. The van der Waals surface area contributed by atoms with Crippen molar-refractivity contribution in [1.82, 2.24) is 4.57 Å². The van der Waals surface area contributed by atoms with Crippen molar-refractivity contribution in [3.05, 3.63) is 131 Å². The highest BCUT2D eigenvalue weighted by atomic mass is 16.5. The highest BCUT2D eigenvalue weighted by molar-refractivity contribution is 5.87. The molecule has 0 fully saturated rings. The molecule has 0 radical (unpaired) electrons. The van der Waals surface area contributed by atoms with E-state index < -0.39 is 5.54 Å². The number of aromatic nitrogens is 3. The van der Waals surface area contributed by atoms with Gasteiger partial charge in [0.2, 0.25) is 11.2 Å². The minimum absolute atomic E-state index is 0.00896. The van der Waals surface area contributed by atoms with E-state index in [2.05, 4.69) is 152 Å². The second kappa shape index (κ2) is 8.36. The van der Waals surface area contributed by atoms with E-state index in [9.17, 15) is 0 Å². The highest BCUT2D eigenvalue weighted by Gasteiger charge is 2.70. The third-order valence-electron chi connectivity index (χ3n) is 11.7. The quantitative estimate of drug-likeness (QED) is 0.181. The Kier molecular flexibility index (Phi) is 4.82. The topological polar surface area (TPSA) is 21.9 Å². The summed E-state index contributed by atoms with van der Waals surface area (Å²) in [7, 11) is 0. The second-order valence-corrected chi connectivity index (χ2v) is 15.5. The fourth-order valence-corrected chi connectivity index (χ4v) is 9.30. The predicted molar refractivity (Wildman–Crippen MR) is 182 cm³/mol. The van der Waals surface area contributed by atoms with Crippen molar-refractivity contribution in [2.45, 2.75) is 76.7 Å². The first-order chi connectivity index (χ1) is 22.1. The zero-order chi connectivity index (χ0) is 31.3. The smallest absolute Gasteiger partial charge is 0.352 e. The Morgan fingerprint density at radius 1 is 0.761 bits per heavy atom. The normalized spacial score (nSPS) is 20.2. The van der Waals surface area contributed by atoms with Crippen molar-refractivity contribution in [1.29, 1.82) is 0 Å². The van der Waals surface area contributed by atoms with E-state index in [0.717, 1.165) is 29.9 Å². The number of benzene rings is 4. The van der Waals surface area contributed by atoms with Crippen LogP contribution in [0.2, 0.25) is 0 Å². The first-order valence-electron chi connectivity index (χ1n) is 16.9. The molecule has 1 unspecified atom stereocenters. The fraction of sp³-hybridized carbons (Fsp3) is 0.286. The number of fused-ring (bicyclic) bond motifs is 9. The Hall–Kier alpha value is -4.70. The van der Waals surface area contributed by atoms with E-state index in [4.69, 9.17) is 4.74 Å². The highest BCUT2D eigenvalue weighted by Crippen LogP contribution is 2.60. The SMILES string of the molecule is CC(C)c1ccc(-n2c3[n+]4c5c(cccc52)Oc2c-4c(cc4c2C(C)(C)CCC4(C)C)C32c3ccccc3-c3cccc[n+]32)cc1. The molecule has 2 aromatic heterocycles. The van der Waals surface area contributed by atoms with Gasteiger partial charge in [0.15, 0.2) is 28.9 Å². The van der Waals surface area contributed by atoms with E-state index in [-0.39, 0.29) is 10.8 Å². The molecule has 4 aromatic carbocycles. The van der Waals surface area contributed by atoms with E-state index in [1.54, 1.807) is 0 Å². The zero-order valence-electron chi connectivity index (χ0n) is 27.5. The van der Waals surface area contributed by atoms with Gasteiger partial charge in [-0.15, -0.1) is 0 Å². The number of rotatable bonds is 2. The lowest BCUT2D eigenvalue weighted by Crippen LogP contribution is -2.57. The largest absolute Gasteiger partial charge is 0.448 e. The molecule has 6 aromatic rings. The van der Waals surface area contributed by atoms with Gasteiger partial charge in [0.05, 0.1) is 16.7 Å². The van der Waals surface area contributed by atoms with Crippen LogP contribution in [0.5, 0.6) is 11.5 Å². The molecule has 3 aliphatic heterocycles. The number of ether oxygens (including phenoxy) is 1. The van der Waals surface area contributed by atoms with Crippen LogP contribution in [-0.4, -0.2) is 4.57 Å². The molecular weight excluding hydrogens is 562 g/mol. The first-order valence-corrected chi connectivity index (χ1v) is 16.9. The van der Waals surface area contributed by atoms with Crippen molar-refractivity contribution in [3.8, 4) is 34.1 Å². The van der Waals surface area contributed by atoms with Crippen molar-refractivity contribution in [3.63, 3.8) is 0 Å². The molecule has 4 heteroatoms. The van der Waals surface area contributed by atoms with Gasteiger partial charge in [-0.3, -0.25) is 0 Å². The van der Waals surface area contributed by atoms with Gasteiger partial charge in [-0.2, -0.15) is 13.7 Å². The third kappa shape index (κ3) is 2.93. The van der Waals surface area contributed by atoms with E-state index in [1.807, 2.05) is 0 Å². The second-order valence-electron chi connectivity index (χ2n) is 15.5. The van der Waals surface area contributed by atoms with Crippen molar-refractivity contribution >= 4 is 11.0 Å². The summed E-state index contributed by atoms with van der Waals surface area (Å²) in [6.07, 6.45) is 4.58. The maximum Gasteiger partial charge on any atom is 0.352 e. The van der Waals surface area contributed by atoms with E-state index in [0.29, 0.717) is 5.92 Å². The van der Waals surface area contributed by atoms with Gasteiger partial charge in [0.25, 0.3) is 0 Å². The van der Waals surface area contributed by atoms with Gasteiger partial charge in [-0.05, 0) is 83.2 Å². The molecule has 46 heavy (non-hydrogen) atoms. The molecule has 0 bridgehead atoms. The van der Waals surface area contributed by atoms with Crippen LogP contribution in [0.15, 0.2) is 97.2 Å². The Labute approximate surface area is 270 Å². The van der Waals surface area contributed by atoms with Gasteiger partial charge in [-0.1, -0.05) is 77.9 Å². The maximum absolute atomic E-state index is 7.23. The lowest BCUT2D eigenvalue weighted by atomic mass is 9.61. The van der Waals surface area contributed by atoms with Gasteiger partial charge >= 0.3 is 11.4 Å². The molecule has 0 saturated carbocycles. The van der Waals surface area contributed by atoms with Crippen LogP contribution in [-0.2, 0) is 16.4 Å². The summed E-state index contributed by atoms with van der Waals surface area (Å²) in [6, 6.07) is 34.1. The summed E-state index contributed by atoms with van der Waals surface area (Å²) in [5, 5.41) is 0. The Morgan fingerprint density at radius 3 is 2.33 bits per heavy atom. The lowest BCUT2D eigenvalue weighted by molar-refractivity contribution is -0.733. The lowest BCUT2D eigenvalue weighted by Gasteiger charge is -2.43. The van der Waals surface area contributed by atoms with Crippen LogP contribution in [0.1, 0.15) is 93.9 Å². The summed E-state index contributed by atoms with van der Waals surface area (Å²) in [4.78, 5) is 0. The number of hydrogen-bond donors (Lipinski definition) is 0. The molecule has 0 amide bonds. The van der Waals surface area contributed by atoms with Crippen molar-refractivity contribution < 1.29 is 13.9 Å². The van der Waals surface area contributed by atoms with Gasteiger partial charge < -0.3 is 4.74 Å². The van der Waals surface area contributed by atoms with E-state index in [1.165, 1.54) is 61.8 Å². The van der Waals surface area contributed by atoms with Crippen LogP contribution in [0.25, 0.3) is 33.7 Å². The monoisotopic (exact) mass is 601 g/mol. The molecule has 4 nitrogen and oxygen atoms in total. The molecule has 4 aliphatic rings. The van der Waals surface area contributed by atoms with Crippen LogP contribution >= 0.6 is 0 Å². The summed E-state index contributed by atoms with van der Waals surface area (Å²) in [5.74, 6) is 3.69. The molecule has 5 heterocycles.